The van der Waals surface area contributed by atoms with Crippen LogP contribution in [0.25, 0.3) is 0 Å². The number of carbonyl (C=O) groups excluding carboxylic acids is 2. The van der Waals surface area contributed by atoms with Crippen LogP contribution in [0.4, 0.5) is 0 Å². The van der Waals surface area contributed by atoms with E-state index < -0.39 is 6.04 Å². The monoisotopic (exact) mass is 380 g/mol. The molecule has 2 aromatic rings. The third kappa shape index (κ3) is 6.84. The Morgan fingerprint density at radius 2 is 1.50 bits per heavy atom. The Labute approximate surface area is 169 Å². The van der Waals surface area contributed by atoms with Gasteiger partial charge in [0.2, 0.25) is 11.8 Å². The first-order valence-corrected chi connectivity index (χ1v) is 10.2. The SMILES string of the molecule is CCCC(=O)N(Cc1ccccc1)C(Cc1ccccc1)C(=O)NCC(C)C. The summed E-state index contributed by atoms with van der Waals surface area (Å²) in [5.41, 5.74) is 2.08. The summed E-state index contributed by atoms with van der Waals surface area (Å²) in [5, 5.41) is 3.03. The first kappa shape index (κ1) is 21.7. The molecule has 0 aliphatic rings. The Kier molecular flexibility index (Phi) is 8.73. The summed E-state index contributed by atoms with van der Waals surface area (Å²) >= 11 is 0. The van der Waals surface area contributed by atoms with Crippen LogP contribution in [-0.4, -0.2) is 29.3 Å². The molecular formula is C24H32N2O2. The van der Waals surface area contributed by atoms with Gasteiger partial charge < -0.3 is 10.2 Å². The molecule has 2 aromatic carbocycles. The molecule has 2 rings (SSSR count). The smallest absolute Gasteiger partial charge is 0.243 e. The predicted octanol–water partition coefficient (Wildman–Crippen LogP) is 4.20. The number of nitrogens with one attached hydrogen (secondary N) is 1. The summed E-state index contributed by atoms with van der Waals surface area (Å²) < 4.78 is 0. The van der Waals surface area contributed by atoms with Crippen LogP contribution in [0.2, 0.25) is 0 Å². The largest absolute Gasteiger partial charge is 0.354 e. The third-order valence-electron chi connectivity index (χ3n) is 4.62. The minimum Gasteiger partial charge on any atom is -0.354 e. The molecule has 2 amide bonds. The number of benzene rings is 2. The van der Waals surface area contributed by atoms with Crippen molar-refractivity contribution in [3.63, 3.8) is 0 Å². The van der Waals surface area contributed by atoms with Gasteiger partial charge in [0.1, 0.15) is 6.04 Å². The summed E-state index contributed by atoms with van der Waals surface area (Å²) in [5.74, 6) is 0.292. The molecule has 0 fully saturated rings. The summed E-state index contributed by atoms with van der Waals surface area (Å²) in [6.45, 7) is 7.16. The minimum atomic E-state index is -0.527. The Balaban J connectivity index is 2.31. The lowest BCUT2D eigenvalue weighted by molar-refractivity contribution is -0.141. The molecule has 0 radical (unpaired) electrons. The Hall–Kier alpha value is -2.62. The first-order chi connectivity index (χ1) is 13.5. The molecule has 0 saturated heterocycles. The normalized spacial score (nSPS) is 11.9. The van der Waals surface area contributed by atoms with Gasteiger partial charge in [-0.1, -0.05) is 81.4 Å². The van der Waals surface area contributed by atoms with Gasteiger partial charge in [0, 0.05) is 25.9 Å². The molecule has 4 nitrogen and oxygen atoms in total. The molecule has 1 atom stereocenters. The van der Waals surface area contributed by atoms with E-state index in [-0.39, 0.29) is 11.8 Å². The Morgan fingerprint density at radius 1 is 0.929 bits per heavy atom. The van der Waals surface area contributed by atoms with Gasteiger partial charge in [0.05, 0.1) is 0 Å². The zero-order chi connectivity index (χ0) is 20.4. The van der Waals surface area contributed by atoms with E-state index in [1.54, 1.807) is 4.90 Å². The second-order valence-corrected chi connectivity index (χ2v) is 7.60. The quantitative estimate of drug-likeness (QED) is 0.672. The second-order valence-electron chi connectivity index (χ2n) is 7.60. The van der Waals surface area contributed by atoms with Gasteiger partial charge in [-0.05, 0) is 23.5 Å². The minimum absolute atomic E-state index is 0.0204. The van der Waals surface area contributed by atoms with Crippen molar-refractivity contribution >= 4 is 11.8 Å². The second kappa shape index (κ2) is 11.3. The van der Waals surface area contributed by atoms with E-state index in [9.17, 15) is 9.59 Å². The van der Waals surface area contributed by atoms with E-state index in [2.05, 4.69) is 19.2 Å². The molecule has 1 N–H and O–H groups in total. The van der Waals surface area contributed by atoms with Crippen LogP contribution >= 0.6 is 0 Å². The van der Waals surface area contributed by atoms with Crippen LogP contribution < -0.4 is 5.32 Å². The number of hydrogen-bond donors (Lipinski definition) is 1. The van der Waals surface area contributed by atoms with Crippen molar-refractivity contribution in [1.82, 2.24) is 10.2 Å². The average molecular weight is 381 g/mol. The molecule has 0 aliphatic carbocycles. The number of hydrogen-bond acceptors (Lipinski definition) is 2. The molecule has 0 spiro atoms. The van der Waals surface area contributed by atoms with Crippen LogP contribution in [0.15, 0.2) is 60.7 Å². The highest BCUT2D eigenvalue weighted by Gasteiger charge is 2.29. The first-order valence-electron chi connectivity index (χ1n) is 10.2. The third-order valence-corrected chi connectivity index (χ3v) is 4.62. The average Bonchev–Trinajstić information content (AvgIpc) is 2.70. The molecule has 1 unspecified atom stereocenters. The van der Waals surface area contributed by atoms with Crippen LogP contribution in [-0.2, 0) is 22.6 Å². The number of carbonyl (C=O) groups is 2. The van der Waals surface area contributed by atoms with E-state index in [1.165, 1.54) is 0 Å². The molecule has 4 heteroatoms. The van der Waals surface area contributed by atoms with E-state index in [4.69, 9.17) is 0 Å². The number of nitrogens with zero attached hydrogens (tertiary/aromatic N) is 1. The molecule has 0 aromatic heterocycles. The van der Waals surface area contributed by atoms with Crippen molar-refractivity contribution in [3.05, 3.63) is 71.8 Å². The standard InChI is InChI=1S/C24H32N2O2/c1-4-11-23(27)26(18-21-14-9-6-10-15-21)22(24(28)25-17-19(2)3)16-20-12-7-5-8-13-20/h5-10,12-15,19,22H,4,11,16-18H2,1-3H3,(H,25,28). The molecule has 0 bridgehead atoms. The van der Waals surface area contributed by atoms with Crippen molar-refractivity contribution < 1.29 is 9.59 Å². The van der Waals surface area contributed by atoms with Gasteiger partial charge in [-0.3, -0.25) is 9.59 Å². The lowest BCUT2D eigenvalue weighted by atomic mass is 10.0. The predicted molar refractivity (Wildman–Crippen MR) is 114 cm³/mol. The van der Waals surface area contributed by atoms with E-state index in [0.717, 1.165) is 17.5 Å². The lowest BCUT2D eigenvalue weighted by Crippen LogP contribution is -2.51. The van der Waals surface area contributed by atoms with Gasteiger partial charge in [0.15, 0.2) is 0 Å². The number of rotatable bonds is 10. The highest BCUT2D eigenvalue weighted by Crippen LogP contribution is 2.16. The molecule has 0 saturated carbocycles. The topological polar surface area (TPSA) is 49.4 Å². The van der Waals surface area contributed by atoms with E-state index >= 15 is 0 Å². The Morgan fingerprint density at radius 3 is 2.04 bits per heavy atom. The fourth-order valence-electron chi connectivity index (χ4n) is 3.11. The van der Waals surface area contributed by atoms with Gasteiger partial charge in [-0.2, -0.15) is 0 Å². The maximum absolute atomic E-state index is 13.1. The Bertz CT molecular complexity index is 729. The maximum Gasteiger partial charge on any atom is 0.243 e. The summed E-state index contributed by atoms with van der Waals surface area (Å²) in [4.78, 5) is 27.8. The molecule has 150 valence electrons. The van der Waals surface area contributed by atoms with Crippen molar-refractivity contribution in [2.75, 3.05) is 6.54 Å². The van der Waals surface area contributed by atoms with Gasteiger partial charge >= 0.3 is 0 Å². The summed E-state index contributed by atoms with van der Waals surface area (Å²) in [6, 6.07) is 19.3. The summed E-state index contributed by atoms with van der Waals surface area (Å²) in [6.07, 6.45) is 1.71. The van der Waals surface area contributed by atoms with Crippen molar-refractivity contribution in [3.8, 4) is 0 Å². The van der Waals surface area contributed by atoms with Gasteiger partial charge in [0.25, 0.3) is 0 Å². The van der Waals surface area contributed by atoms with E-state index in [0.29, 0.717) is 31.8 Å². The maximum atomic E-state index is 13.1. The van der Waals surface area contributed by atoms with Crippen LogP contribution in [0.5, 0.6) is 0 Å². The summed E-state index contributed by atoms with van der Waals surface area (Å²) in [7, 11) is 0. The fourth-order valence-corrected chi connectivity index (χ4v) is 3.11. The molecule has 0 aliphatic heterocycles. The van der Waals surface area contributed by atoms with Crippen LogP contribution in [0.3, 0.4) is 0 Å². The molecule has 28 heavy (non-hydrogen) atoms. The highest BCUT2D eigenvalue weighted by atomic mass is 16.2. The van der Waals surface area contributed by atoms with E-state index in [1.807, 2.05) is 67.6 Å². The van der Waals surface area contributed by atoms with Crippen molar-refractivity contribution in [2.24, 2.45) is 5.92 Å². The fraction of sp³-hybridized carbons (Fsp3) is 0.417. The zero-order valence-corrected chi connectivity index (χ0v) is 17.2. The van der Waals surface area contributed by atoms with Gasteiger partial charge in [-0.15, -0.1) is 0 Å². The van der Waals surface area contributed by atoms with Gasteiger partial charge in [-0.25, -0.2) is 0 Å². The van der Waals surface area contributed by atoms with Crippen molar-refractivity contribution in [1.29, 1.82) is 0 Å². The lowest BCUT2D eigenvalue weighted by Gasteiger charge is -2.31. The number of amides is 2. The molecule has 0 heterocycles. The zero-order valence-electron chi connectivity index (χ0n) is 17.2. The highest BCUT2D eigenvalue weighted by molar-refractivity contribution is 5.88. The van der Waals surface area contributed by atoms with Crippen molar-refractivity contribution in [2.45, 2.75) is 52.6 Å². The van der Waals surface area contributed by atoms with Crippen LogP contribution in [0, 0.1) is 5.92 Å². The molecular weight excluding hydrogens is 348 g/mol. The van der Waals surface area contributed by atoms with Crippen LogP contribution in [0.1, 0.15) is 44.7 Å².